The molecule has 2 unspecified atom stereocenters. The van der Waals surface area contributed by atoms with Gasteiger partial charge in [-0.15, -0.1) is 0 Å². The van der Waals surface area contributed by atoms with Gasteiger partial charge >= 0.3 is 51.4 Å². The predicted octanol–water partition coefficient (Wildman–Crippen LogP) is 10.4. The molecule has 760 valence electrons. The van der Waals surface area contributed by atoms with Crippen LogP contribution in [-0.2, 0) is 83.2 Å². The second-order valence-corrected chi connectivity index (χ2v) is 108. The van der Waals surface area contributed by atoms with Crippen LogP contribution in [0.2, 0.25) is 271 Å². The summed E-state index contributed by atoms with van der Waals surface area (Å²) < 4.78 is 113. The Morgan fingerprint density at radius 2 is 0.288 bits per heavy atom. The van der Waals surface area contributed by atoms with E-state index in [9.17, 15) is 0 Å². The molecule has 125 heavy (non-hydrogen) atoms. The van der Waals surface area contributed by atoms with Crippen LogP contribution in [0.1, 0.15) is 51.4 Å². The van der Waals surface area contributed by atoms with Gasteiger partial charge in [-0.3, -0.25) is 0 Å². The normalized spacial score (nSPS) is 14.7. The van der Waals surface area contributed by atoms with Crippen molar-refractivity contribution in [1.29, 1.82) is 0 Å². The molecule has 0 aliphatic rings. The van der Waals surface area contributed by atoms with Crippen molar-refractivity contribution in [2.24, 2.45) is 0 Å². The molecule has 0 aromatic carbocycles. The number of aliphatic hydroxyl groups is 16. The highest BCUT2D eigenvalue weighted by molar-refractivity contribution is 6.92. The van der Waals surface area contributed by atoms with Crippen molar-refractivity contribution in [3.63, 3.8) is 0 Å². The van der Waals surface area contributed by atoms with E-state index >= 15 is 0 Å². The van der Waals surface area contributed by atoms with Crippen LogP contribution < -0.4 is 0 Å². The van der Waals surface area contributed by atoms with Gasteiger partial charge in [0.1, 0.15) is 0 Å². The highest BCUT2D eigenvalue weighted by atomic mass is 28.5. The molecule has 2 atom stereocenters. The molecule has 0 radical (unpaired) electrons. The summed E-state index contributed by atoms with van der Waals surface area (Å²) in [5.41, 5.74) is 0. The third-order valence-corrected chi connectivity index (χ3v) is 72.9. The van der Waals surface area contributed by atoms with E-state index in [0.29, 0.717) is 65.7 Å². The summed E-state index contributed by atoms with van der Waals surface area (Å²) in [6, 6.07) is 7.11. The van der Waals surface area contributed by atoms with E-state index in [4.69, 9.17) is 165 Å². The maximum Gasteiger partial charge on any atom is 0.315 e. The molecular weight excluding hydrogens is 1900 g/mol. The van der Waals surface area contributed by atoms with Crippen molar-refractivity contribution in [2.75, 3.05) is 106 Å². The Labute approximate surface area is 772 Å². The van der Waals surface area contributed by atoms with Gasteiger partial charge in [-0.25, -0.2) is 0 Å². The number of hydrogen-bond acceptors (Lipinski definition) is 35. The van der Waals surface area contributed by atoms with Crippen molar-refractivity contribution in [1.82, 2.24) is 0 Å². The van der Waals surface area contributed by atoms with Crippen LogP contribution >= 0.6 is 0 Å². The number of ether oxygens (including phenoxy) is 8. The molecule has 51 heteroatoms. The molecule has 0 spiro atoms. The first-order chi connectivity index (χ1) is 56.1. The van der Waals surface area contributed by atoms with Crippen LogP contribution in [0.3, 0.4) is 0 Å². The van der Waals surface area contributed by atoms with Crippen molar-refractivity contribution in [3.8, 4) is 0 Å². The molecular formula is C74H190O35Si16. The number of rotatable bonds is 70. The van der Waals surface area contributed by atoms with Crippen LogP contribution in [0.5, 0.6) is 0 Å². The zero-order valence-electron chi connectivity index (χ0n) is 84.2. The molecule has 0 aromatic rings. The largest absolute Gasteiger partial charge is 0.456 e. The van der Waals surface area contributed by atoms with Gasteiger partial charge < -0.3 is 165 Å². The summed E-state index contributed by atoms with van der Waals surface area (Å²) in [7, 11) is -32.4. The summed E-state index contributed by atoms with van der Waals surface area (Å²) in [4.78, 5) is 0. The minimum Gasteiger partial charge on any atom is -0.456 e. The first kappa shape index (κ1) is 136. The molecule has 0 bridgehead atoms. The Bertz CT molecular complexity index is 2470. The molecule has 35 nitrogen and oxygen atoms in total. The highest BCUT2D eigenvalue weighted by Gasteiger charge is 2.49. The maximum atomic E-state index is 8.93. The van der Waals surface area contributed by atoms with E-state index in [-0.39, 0.29) is 52.9 Å². The first-order valence-corrected chi connectivity index (χ1v) is 93.0. The monoisotopic (exact) mass is 2090 g/mol. The lowest BCUT2D eigenvalue weighted by atomic mass is 10.5. The van der Waals surface area contributed by atoms with Gasteiger partial charge in [0.2, 0.25) is 0 Å². The summed E-state index contributed by atoms with van der Waals surface area (Å²) in [5, 5.41) is 141. The standard InChI is InChI=1S/C20H52O10Si5.C18H46O9Si4.C14H34O7Si2.C12H32O5Si3.C10H26O4Si2/c1-31(2,15-11-13-25-17-19(21)22)27-33(5,6)29-35(9,10)30-34(7,8)28-32(3,4)16-12-14-26-18-20(23)24;1-28(2,3)25-30(7,13-9-11-23-15-17(19)20)27-31(8,26-29(4,5)6)14-10-12-24-16-18(21)22;1-22(2,9-5-7-19-11-13(15)16)21-23(3,4)10-6-8-20-12-14(17)18;1-18(2,3)16-20(7,17-19(4,5)6)10-8-9-15-11-12(13)14;1-15(2,3)14-16(4,5)8-6-7-13-9-10(11)12/h19-24H,11-18H2,1-10H3;17-22H,9-16H2,1-8H3;13-18H,5-12H2,1-4H3;12-14H,8-11H2,1-7H3;10-12H,6-9H2,1-5H3. The summed E-state index contributed by atoms with van der Waals surface area (Å²) >= 11 is 0. The summed E-state index contributed by atoms with van der Waals surface area (Å²) in [5.74, 6) is 0. The van der Waals surface area contributed by atoms with E-state index in [0.717, 1.165) is 86.9 Å². The van der Waals surface area contributed by atoms with Gasteiger partial charge in [0.15, 0.2) is 133 Å². The topological polar surface area (TPSA) is 499 Å². The molecule has 0 heterocycles. The predicted molar refractivity (Wildman–Crippen MR) is 531 cm³/mol. The maximum absolute atomic E-state index is 8.93. The van der Waals surface area contributed by atoms with Gasteiger partial charge in [0.05, 0.1) is 52.9 Å². The van der Waals surface area contributed by atoms with Crippen molar-refractivity contribution < 1.29 is 165 Å². The Kier molecular flexibility index (Phi) is 71.4. The lowest BCUT2D eigenvalue weighted by Crippen LogP contribution is -2.58. The van der Waals surface area contributed by atoms with E-state index in [1.165, 1.54) is 0 Å². The van der Waals surface area contributed by atoms with E-state index in [2.05, 4.69) is 223 Å². The highest BCUT2D eigenvalue weighted by Crippen LogP contribution is 2.34. The third-order valence-electron chi connectivity index (χ3n) is 15.9. The Morgan fingerprint density at radius 3 is 0.448 bits per heavy atom. The smallest absolute Gasteiger partial charge is 0.315 e. The fourth-order valence-electron chi connectivity index (χ4n) is 13.8. The fraction of sp³-hybridized carbons (Fsp3) is 1.00. The van der Waals surface area contributed by atoms with Gasteiger partial charge in [-0.2, -0.15) is 0 Å². The van der Waals surface area contributed by atoms with Crippen LogP contribution in [0.25, 0.3) is 0 Å². The molecule has 16 N–H and O–H groups in total. The Hall–Kier alpha value is 2.07. The molecule has 0 rings (SSSR count). The van der Waals surface area contributed by atoms with Crippen molar-refractivity contribution >= 4 is 135 Å². The first-order valence-electron chi connectivity index (χ1n) is 44.3. The average Bonchev–Trinajstić information content (AvgIpc) is 0.820. The third kappa shape index (κ3) is 98.9. The molecule has 0 amide bonds. The van der Waals surface area contributed by atoms with Gasteiger partial charge in [-0.05, 0) is 322 Å². The average molecular weight is 2090 g/mol. The molecule has 0 saturated heterocycles. The van der Waals surface area contributed by atoms with Crippen LogP contribution in [0, 0.1) is 0 Å². The Morgan fingerprint density at radius 1 is 0.152 bits per heavy atom. The Balaban J connectivity index is -0.000000492. The fourth-order valence-corrected chi connectivity index (χ4v) is 86.0. The van der Waals surface area contributed by atoms with Gasteiger partial charge in [0.25, 0.3) is 0 Å². The zero-order chi connectivity index (χ0) is 98.7. The lowest BCUT2D eigenvalue weighted by molar-refractivity contribution is -0.0948. The molecule has 0 saturated carbocycles. The van der Waals surface area contributed by atoms with E-state index in [1.54, 1.807) is 0 Å². The van der Waals surface area contributed by atoms with Crippen LogP contribution in [-0.4, -0.2) is 372 Å². The second-order valence-electron chi connectivity index (χ2n) is 41.4. The van der Waals surface area contributed by atoms with Crippen LogP contribution in [0.4, 0.5) is 0 Å². The van der Waals surface area contributed by atoms with Crippen molar-refractivity contribution in [2.45, 2.75) is 373 Å². The number of aliphatic hydroxyl groups excluding tert-OH is 8. The molecule has 0 aliphatic carbocycles. The van der Waals surface area contributed by atoms with Crippen LogP contribution in [0.15, 0.2) is 0 Å². The lowest BCUT2D eigenvalue weighted by Gasteiger charge is -2.43. The zero-order valence-corrected chi connectivity index (χ0v) is 100. The van der Waals surface area contributed by atoms with Crippen molar-refractivity contribution in [3.05, 3.63) is 0 Å². The minimum absolute atomic E-state index is 0.00311. The van der Waals surface area contributed by atoms with Gasteiger partial charge in [-0.1, -0.05) is 0 Å². The molecule has 0 aromatic heterocycles. The second kappa shape index (κ2) is 65.8. The quantitative estimate of drug-likeness (QED) is 0.0153. The SMILES string of the molecule is C[Si](C)(C)O[Si](C)(C)CCCOCC(O)O.C[Si](C)(C)O[Si](C)(CCCOCC(O)O)O[Si](C)(C)C.C[Si](C)(C)O[Si](C)(CCCOCC(O)O)O[Si](C)(CCCOCC(O)O)O[Si](C)(C)C.C[Si](C)(CCCOCC(O)O)O[Si](C)(C)CCCOCC(O)O.C[Si](C)(CCCOCC(O)O)O[Si](C)(C)O[Si](C)(C)O[Si](C)(C)O[Si](C)(C)CCCOCC(O)O. The minimum atomic E-state index is -2.59. The summed E-state index contributed by atoms with van der Waals surface area (Å²) in [6.07, 6.45) is -4.90. The molecule has 0 aliphatic heterocycles. The van der Waals surface area contributed by atoms with E-state index < -0.39 is 185 Å². The summed E-state index contributed by atoms with van der Waals surface area (Å²) in [6.45, 7) is 76.5. The van der Waals surface area contributed by atoms with E-state index in [1.807, 2.05) is 0 Å². The number of hydrogen-bond donors (Lipinski definition) is 16. The van der Waals surface area contributed by atoms with Gasteiger partial charge in [0, 0.05) is 52.9 Å². The molecule has 0 fully saturated rings.